The van der Waals surface area contributed by atoms with E-state index >= 15 is 0 Å². The first-order valence-electron chi connectivity index (χ1n) is 5.52. The van der Waals surface area contributed by atoms with Crippen molar-refractivity contribution in [2.45, 2.75) is 32.4 Å². The van der Waals surface area contributed by atoms with E-state index in [1.807, 2.05) is 24.3 Å². The molecule has 0 unspecified atom stereocenters. The van der Waals surface area contributed by atoms with Crippen molar-refractivity contribution >= 4 is 0 Å². The number of aliphatic hydroxyl groups is 1. The average Bonchev–Trinajstić information content (AvgIpc) is 2.25. The lowest BCUT2D eigenvalue weighted by atomic mass is 10.1. The summed E-state index contributed by atoms with van der Waals surface area (Å²) < 4.78 is 5.17. The van der Waals surface area contributed by atoms with E-state index < -0.39 is 5.60 Å². The van der Waals surface area contributed by atoms with Crippen LogP contribution in [-0.2, 0) is 0 Å². The van der Waals surface area contributed by atoms with E-state index in [2.05, 4.69) is 12.2 Å². The van der Waals surface area contributed by atoms with Gasteiger partial charge < -0.3 is 15.2 Å². The molecule has 0 amide bonds. The van der Waals surface area contributed by atoms with Crippen LogP contribution in [0.5, 0.6) is 5.75 Å². The molecule has 0 aliphatic rings. The zero-order valence-corrected chi connectivity index (χ0v) is 10.4. The summed E-state index contributed by atoms with van der Waals surface area (Å²) in [5.74, 6) is 0.856. The van der Waals surface area contributed by atoms with Gasteiger partial charge in [-0.2, -0.15) is 0 Å². The molecule has 1 rings (SSSR count). The van der Waals surface area contributed by atoms with Gasteiger partial charge in [0.05, 0.1) is 12.7 Å². The maximum absolute atomic E-state index is 9.63. The summed E-state index contributed by atoms with van der Waals surface area (Å²) in [6.45, 7) is 6.21. The predicted molar refractivity (Wildman–Crippen MR) is 65.7 cm³/mol. The van der Waals surface area contributed by atoms with Gasteiger partial charge in [-0.1, -0.05) is 12.1 Å². The molecule has 0 aliphatic carbocycles. The van der Waals surface area contributed by atoms with Crippen LogP contribution in [0.1, 0.15) is 32.4 Å². The number of ether oxygens (including phenoxy) is 1. The Hall–Kier alpha value is -1.06. The van der Waals surface area contributed by atoms with E-state index in [0.717, 1.165) is 11.3 Å². The van der Waals surface area contributed by atoms with E-state index in [4.69, 9.17) is 4.74 Å². The lowest BCUT2D eigenvalue weighted by Gasteiger charge is -2.22. The third-order valence-corrected chi connectivity index (χ3v) is 2.43. The van der Waals surface area contributed by atoms with Gasteiger partial charge in [-0.05, 0) is 38.5 Å². The summed E-state index contributed by atoms with van der Waals surface area (Å²) in [6.07, 6.45) is 0. The van der Waals surface area contributed by atoms with Crippen LogP contribution < -0.4 is 10.1 Å². The molecule has 1 aromatic rings. The third kappa shape index (κ3) is 4.21. The molecule has 0 saturated heterocycles. The topological polar surface area (TPSA) is 41.5 Å². The fourth-order valence-corrected chi connectivity index (χ4v) is 1.43. The minimum atomic E-state index is -0.687. The van der Waals surface area contributed by atoms with Crippen LogP contribution in [0.25, 0.3) is 0 Å². The minimum Gasteiger partial charge on any atom is -0.497 e. The zero-order chi connectivity index (χ0) is 12.2. The molecule has 0 saturated carbocycles. The highest BCUT2D eigenvalue weighted by atomic mass is 16.5. The number of methoxy groups -OCH3 is 1. The van der Waals surface area contributed by atoms with Crippen molar-refractivity contribution in [1.82, 2.24) is 5.32 Å². The molecule has 0 heterocycles. The highest BCUT2D eigenvalue weighted by molar-refractivity contribution is 5.30. The number of hydrogen-bond donors (Lipinski definition) is 2. The van der Waals surface area contributed by atoms with Gasteiger partial charge in [0.25, 0.3) is 0 Å². The summed E-state index contributed by atoms with van der Waals surface area (Å²) >= 11 is 0. The highest BCUT2D eigenvalue weighted by Gasteiger charge is 2.14. The fourth-order valence-electron chi connectivity index (χ4n) is 1.43. The number of hydrogen-bond acceptors (Lipinski definition) is 3. The van der Waals surface area contributed by atoms with Crippen LogP contribution in [-0.4, -0.2) is 24.4 Å². The molecular weight excluding hydrogens is 202 g/mol. The van der Waals surface area contributed by atoms with Gasteiger partial charge in [-0.15, -0.1) is 0 Å². The Bertz CT molecular complexity index is 331. The fraction of sp³-hybridized carbons (Fsp3) is 0.538. The van der Waals surface area contributed by atoms with Gasteiger partial charge in [0.15, 0.2) is 0 Å². The van der Waals surface area contributed by atoms with Crippen molar-refractivity contribution in [3.05, 3.63) is 29.8 Å². The van der Waals surface area contributed by atoms with Crippen molar-refractivity contribution in [1.29, 1.82) is 0 Å². The lowest BCUT2D eigenvalue weighted by Crippen LogP contribution is -2.36. The Kier molecular flexibility index (Phi) is 4.33. The Morgan fingerprint density at radius 2 is 2.12 bits per heavy atom. The van der Waals surface area contributed by atoms with Crippen molar-refractivity contribution < 1.29 is 9.84 Å². The molecule has 90 valence electrons. The third-order valence-electron chi connectivity index (χ3n) is 2.43. The Morgan fingerprint density at radius 3 is 2.69 bits per heavy atom. The van der Waals surface area contributed by atoms with E-state index in [0.29, 0.717) is 6.54 Å². The molecule has 2 N–H and O–H groups in total. The van der Waals surface area contributed by atoms with Gasteiger partial charge in [0.1, 0.15) is 5.75 Å². The summed E-state index contributed by atoms with van der Waals surface area (Å²) in [5, 5.41) is 12.9. The molecule has 0 aliphatic heterocycles. The van der Waals surface area contributed by atoms with E-state index in [-0.39, 0.29) is 6.04 Å². The first kappa shape index (κ1) is 13.0. The SMILES string of the molecule is COc1cccc([C@@H](C)NCC(C)(C)O)c1. The van der Waals surface area contributed by atoms with E-state index in [1.165, 1.54) is 0 Å². The molecular formula is C13H21NO2. The van der Waals surface area contributed by atoms with Crippen LogP contribution >= 0.6 is 0 Å². The van der Waals surface area contributed by atoms with Crippen molar-refractivity contribution in [3.8, 4) is 5.75 Å². The van der Waals surface area contributed by atoms with E-state index in [1.54, 1.807) is 21.0 Å². The van der Waals surface area contributed by atoms with Crippen LogP contribution in [0.4, 0.5) is 0 Å². The molecule has 0 bridgehead atoms. The summed E-state index contributed by atoms with van der Waals surface area (Å²) in [5.41, 5.74) is 0.469. The quantitative estimate of drug-likeness (QED) is 0.803. The van der Waals surface area contributed by atoms with Crippen LogP contribution in [0.3, 0.4) is 0 Å². The van der Waals surface area contributed by atoms with Crippen LogP contribution in [0.15, 0.2) is 24.3 Å². The van der Waals surface area contributed by atoms with Gasteiger partial charge >= 0.3 is 0 Å². The monoisotopic (exact) mass is 223 g/mol. The molecule has 1 aromatic carbocycles. The maximum Gasteiger partial charge on any atom is 0.119 e. The molecule has 0 spiro atoms. The van der Waals surface area contributed by atoms with Gasteiger partial charge in [-0.25, -0.2) is 0 Å². The first-order chi connectivity index (χ1) is 7.42. The maximum atomic E-state index is 9.63. The summed E-state index contributed by atoms with van der Waals surface area (Å²) in [6, 6.07) is 8.14. The zero-order valence-electron chi connectivity index (χ0n) is 10.4. The Morgan fingerprint density at radius 1 is 1.44 bits per heavy atom. The van der Waals surface area contributed by atoms with Crippen molar-refractivity contribution in [2.75, 3.05) is 13.7 Å². The van der Waals surface area contributed by atoms with Crippen molar-refractivity contribution in [2.24, 2.45) is 0 Å². The molecule has 1 atom stereocenters. The largest absolute Gasteiger partial charge is 0.497 e. The predicted octanol–water partition coefficient (Wildman–Crippen LogP) is 2.12. The Labute approximate surface area is 97.4 Å². The molecule has 3 nitrogen and oxygen atoms in total. The minimum absolute atomic E-state index is 0.196. The van der Waals surface area contributed by atoms with Crippen molar-refractivity contribution in [3.63, 3.8) is 0 Å². The molecule has 16 heavy (non-hydrogen) atoms. The number of nitrogens with one attached hydrogen (secondary N) is 1. The summed E-state index contributed by atoms with van der Waals surface area (Å²) in [7, 11) is 1.66. The summed E-state index contributed by atoms with van der Waals surface area (Å²) in [4.78, 5) is 0. The molecule has 3 heteroatoms. The first-order valence-corrected chi connectivity index (χ1v) is 5.52. The number of rotatable bonds is 5. The van der Waals surface area contributed by atoms with Crippen LogP contribution in [0.2, 0.25) is 0 Å². The molecule has 0 aromatic heterocycles. The second-order valence-corrected chi connectivity index (χ2v) is 4.69. The normalized spacial score (nSPS) is 13.6. The van der Waals surface area contributed by atoms with Gasteiger partial charge in [0.2, 0.25) is 0 Å². The molecule has 0 fully saturated rings. The lowest BCUT2D eigenvalue weighted by molar-refractivity contribution is 0.0770. The second-order valence-electron chi connectivity index (χ2n) is 4.69. The van der Waals surface area contributed by atoms with Gasteiger partial charge in [-0.3, -0.25) is 0 Å². The van der Waals surface area contributed by atoms with Gasteiger partial charge in [0, 0.05) is 12.6 Å². The second kappa shape index (κ2) is 5.32. The molecule has 0 radical (unpaired) electrons. The standard InChI is InChI=1S/C13H21NO2/c1-10(14-9-13(2,3)15)11-6-5-7-12(8-11)16-4/h5-8,10,14-15H,9H2,1-4H3/t10-/m1/s1. The van der Waals surface area contributed by atoms with Crippen LogP contribution in [0, 0.1) is 0 Å². The van der Waals surface area contributed by atoms with E-state index in [9.17, 15) is 5.11 Å². The highest BCUT2D eigenvalue weighted by Crippen LogP contribution is 2.18. The number of benzene rings is 1. The Balaban J connectivity index is 2.62. The average molecular weight is 223 g/mol. The smallest absolute Gasteiger partial charge is 0.119 e.